The van der Waals surface area contributed by atoms with Crippen molar-refractivity contribution < 1.29 is 13.2 Å². The number of ether oxygens (including phenoxy) is 1. The number of nitrogens with zero attached hydrogens (tertiary/aromatic N) is 2. The molecular formula is C11H19N3O3S. The fourth-order valence-corrected chi connectivity index (χ4v) is 2.43. The molecule has 0 bridgehead atoms. The van der Waals surface area contributed by atoms with Crippen molar-refractivity contribution in [1.82, 2.24) is 4.98 Å². The molecule has 2 N–H and O–H groups in total. The fraction of sp³-hybridized carbons (Fsp3) is 0.545. The first-order valence-electron chi connectivity index (χ1n) is 5.59. The Morgan fingerprint density at radius 1 is 1.44 bits per heavy atom. The van der Waals surface area contributed by atoms with E-state index >= 15 is 0 Å². The van der Waals surface area contributed by atoms with Crippen molar-refractivity contribution >= 4 is 15.7 Å². The molecule has 1 heterocycles. The highest BCUT2D eigenvalue weighted by atomic mass is 32.2. The third-order valence-electron chi connectivity index (χ3n) is 2.41. The first-order chi connectivity index (χ1) is 8.50. The van der Waals surface area contributed by atoms with Gasteiger partial charge in [-0.25, -0.2) is 13.4 Å². The maximum atomic E-state index is 11.7. The third kappa shape index (κ3) is 3.94. The van der Waals surface area contributed by atoms with Crippen LogP contribution in [0.1, 0.15) is 0 Å². The van der Waals surface area contributed by atoms with Gasteiger partial charge in [0.1, 0.15) is 10.7 Å². The van der Waals surface area contributed by atoms with E-state index in [0.29, 0.717) is 32.1 Å². The molecule has 0 saturated heterocycles. The monoisotopic (exact) mass is 273 g/mol. The lowest BCUT2D eigenvalue weighted by atomic mass is 10.4. The summed E-state index contributed by atoms with van der Waals surface area (Å²) in [7, 11) is -1.71. The van der Waals surface area contributed by atoms with Gasteiger partial charge in [0.25, 0.3) is 0 Å². The van der Waals surface area contributed by atoms with Crippen molar-refractivity contribution in [2.24, 2.45) is 5.73 Å². The molecule has 0 radical (unpaired) electrons. The van der Waals surface area contributed by atoms with Gasteiger partial charge in [0.2, 0.25) is 0 Å². The van der Waals surface area contributed by atoms with E-state index in [2.05, 4.69) is 4.98 Å². The molecule has 0 fully saturated rings. The van der Waals surface area contributed by atoms with Crippen molar-refractivity contribution in [3.8, 4) is 0 Å². The lowest BCUT2D eigenvalue weighted by Gasteiger charge is -2.24. The smallest absolute Gasteiger partial charge is 0.179 e. The summed E-state index contributed by atoms with van der Waals surface area (Å²) in [4.78, 5) is 6.19. The highest BCUT2D eigenvalue weighted by Crippen LogP contribution is 2.21. The van der Waals surface area contributed by atoms with Gasteiger partial charge in [-0.2, -0.15) is 0 Å². The van der Waals surface area contributed by atoms with Crippen molar-refractivity contribution in [2.45, 2.75) is 4.90 Å². The molecule has 0 aliphatic rings. The third-order valence-corrected chi connectivity index (χ3v) is 3.53. The molecule has 0 aliphatic heterocycles. The van der Waals surface area contributed by atoms with Crippen LogP contribution < -0.4 is 10.6 Å². The van der Waals surface area contributed by atoms with E-state index < -0.39 is 9.84 Å². The Kier molecular flexibility index (Phi) is 5.52. The normalized spacial score (nSPS) is 11.5. The van der Waals surface area contributed by atoms with E-state index in [1.807, 2.05) is 4.90 Å². The lowest BCUT2D eigenvalue weighted by Crippen LogP contribution is -2.34. The molecule has 0 atom stereocenters. The number of rotatable bonds is 7. The van der Waals surface area contributed by atoms with Crippen LogP contribution in [0.25, 0.3) is 0 Å². The summed E-state index contributed by atoms with van der Waals surface area (Å²) in [6, 6.07) is 3.16. The van der Waals surface area contributed by atoms with Crippen LogP contribution in [-0.4, -0.2) is 53.0 Å². The van der Waals surface area contributed by atoms with Crippen LogP contribution in [0.4, 0.5) is 5.82 Å². The van der Waals surface area contributed by atoms with E-state index in [1.54, 1.807) is 25.4 Å². The van der Waals surface area contributed by atoms with Crippen LogP contribution in [0.5, 0.6) is 0 Å². The van der Waals surface area contributed by atoms with Crippen molar-refractivity contribution in [2.75, 3.05) is 44.5 Å². The number of hydrogen-bond acceptors (Lipinski definition) is 6. The fourth-order valence-electron chi connectivity index (χ4n) is 1.59. The number of sulfone groups is 1. The second kappa shape index (κ2) is 6.67. The quantitative estimate of drug-likeness (QED) is 0.746. The molecule has 0 spiro atoms. The zero-order chi connectivity index (χ0) is 13.6. The summed E-state index contributed by atoms with van der Waals surface area (Å²) >= 11 is 0. The molecule has 1 rings (SSSR count). The maximum absolute atomic E-state index is 11.7. The van der Waals surface area contributed by atoms with Gasteiger partial charge in [-0.05, 0) is 12.1 Å². The van der Waals surface area contributed by atoms with Gasteiger partial charge in [-0.15, -0.1) is 0 Å². The highest BCUT2D eigenvalue weighted by molar-refractivity contribution is 7.90. The number of hydrogen-bond donors (Lipinski definition) is 1. The van der Waals surface area contributed by atoms with Crippen LogP contribution in [0.3, 0.4) is 0 Å². The topological polar surface area (TPSA) is 85.5 Å². The molecule has 7 heteroatoms. The van der Waals surface area contributed by atoms with E-state index in [9.17, 15) is 8.42 Å². The molecule has 1 aromatic heterocycles. The maximum Gasteiger partial charge on any atom is 0.179 e. The van der Waals surface area contributed by atoms with Gasteiger partial charge in [0.15, 0.2) is 9.84 Å². The van der Waals surface area contributed by atoms with E-state index in [-0.39, 0.29) is 4.90 Å². The Morgan fingerprint density at radius 2 is 2.17 bits per heavy atom. The van der Waals surface area contributed by atoms with E-state index in [1.165, 1.54) is 6.26 Å². The number of pyridine rings is 1. The summed E-state index contributed by atoms with van der Waals surface area (Å²) in [5.74, 6) is 0.433. The minimum absolute atomic E-state index is 0.217. The lowest BCUT2D eigenvalue weighted by molar-refractivity contribution is 0.205. The number of methoxy groups -OCH3 is 1. The van der Waals surface area contributed by atoms with Gasteiger partial charge in [0, 0.05) is 39.2 Å². The predicted molar refractivity (Wildman–Crippen MR) is 70.5 cm³/mol. The zero-order valence-electron chi connectivity index (χ0n) is 10.7. The second-order valence-corrected chi connectivity index (χ2v) is 5.85. The van der Waals surface area contributed by atoms with Crippen LogP contribution in [-0.2, 0) is 14.6 Å². The highest BCUT2D eigenvalue weighted by Gasteiger charge is 2.18. The van der Waals surface area contributed by atoms with E-state index in [0.717, 1.165) is 0 Å². The standard InChI is InChI=1S/C11H19N3O3S/c1-17-9-8-14(7-5-12)11-10(18(2,15)16)4-3-6-13-11/h3-4,6H,5,7-9,12H2,1-2H3. The number of anilines is 1. The summed E-state index contributed by atoms with van der Waals surface area (Å²) in [5, 5.41) is 0. The van der Waals surface area contributed by atoms with Crippen molar-refractivity contribution in [3.63, 3.8) is 0 Å². The predicted octanol–water partition coefficient (Wildman–Crippen LogP) is -0.103. The van der Waals surface area contributed by atoms with Crippen molar-refractivity contribution in [3.05, 3.63) is 18.3 Å². The van der Waals surface area contributed by atoms with Gasteiger partial charge < -0.3 is 15.4 Å². The molecule has 0 aliphatic carbocycles. The Morgan fingerprint density at radius 3 is 2.72 bits per heavy atom. The van der Waals surface area contributed by atoms with Gasteiger partial charge in [0.05, 0.1) is 6.61 Å². The Labute approximate surface area is 108 Å². The largest absolute Gasteiger partial charge is 0.383 e. The number of aromatic nitrogens is 1. The summed E-state index contributed by atoms with van der Waals surface area (Å²) in [5.41, 5.74) is 5.54. The minimum Gasteiger partial charge on any atom is -0.383 e. The molecule has 0 amide bonds. The average molecular weight is 273 g/mol. The first-order valence-corrected chi connectivity index (χ1v) is 7.49. The molecule has 0 saturated carbocycles. The van der Waals surface area contributed by atoms with Gasteiger partial charge in [-0.1, -0.05) is 0 Å². The SMILES string of the molecule is COCCN(CCN)c1ncccc1S(C)(=O)=O. The van der Waals surface area contributed by atoms with Crippen molar-refractivity contribution in [1.29, 1.82) is 0 Å². The molecular weight excluding hydrogens is 254 g/mol. The molecule has 0 unspecified atom stereocenters. The Hall–Kier alpha value is -1.18. The molecule has 1 aromatic rings. The van der Waals surface area contributed by atoms with Crippen LogP contribution in [0.15, 0.2) is 23.2 Å². The van der Waals surface area contributed by atoms with Gasteiger partial charge in [-0.3, -0.25) is 0 Å². The summed E-state index contributed by atoms with van der Waals surface area (Å²) in [6.07, 6.45) is 2.74. The average Bonchev–Trinajstić information content (AvgIpc) is 2.33. The van der Waals surface area contributed by atoms with E-state index in [4.69, 9.17) is 10.5 Å². The van der Waals surface area contributed by atoms with Gasteiger partial charge >= 0.3 is 0 Å². The second-order valence-electron chi connectivity index (χ2n) is 3.87. The molecule has 102 valence electrons. The van der Waals surface area contributed by atoms with Crippen LogP contribution in [0.2, 0.25) is 0 Å². The Bertz CT molecular complexity index is 476. The Balaban J connectivity index is 3.11. The van der Waals surface area contributed by atoms with Crippen LogP contribution >= 0.6 is 0 Å². The molecule has 18 heavy (non-hydrogen) atoms. The number of nitrogens with two attached hydrogens (primary N) is 1. The molecule has 0 aromatic carbocycles. The summed E-state index contributed by atoms with van der Waals surface area (Å²) in [6.45, 7) is 1.99. The molecule has 6 nitrogen and oxygen atoms in total. The minimum atomic E-state index is -3.31. The van der Waals surface area contributed by atoms with Crippen LogP contribution in [0, 0.1) is 0 Å². The first kappa shape index (κ1) is 14.9. The summed E-state index contributed by atoms with van der Waals surface area (Å²) < 4.78 is 28.4. The zero-order valence-corrected chi connectivity index (χ0v) is 11.5.